The van der Waals surface area contributed by atoms with Crippen molar-refractivity contribution in [2.45, 2.75) is 6.10 Å². The van der Waals surface area contributed by atoms with Crippen molar-refractivity contribution in [3.05, 3.63) is 84.2 Å². The van der Waals surface area contributed by atoms with E-state index in [0.29, 0.717) is 37.4 Å². The van der Waals surface area contributed by atoms with Crippen LogP contribution >= 0.6 is 0 Å². The normalized spacial score (nSPS) is 15.0. The van der Waals surface area contributed by atoms with Gasteiger partial charge in [0, 0.05) is 31.0 Å². The summed E-state index contributed by atoms with van der Waals surface area (Å²) in [4.78, 5) is 27.5. The van der Waals surface area contributed by atoms with Crippen LogP contribution in [0.5, 0.6) is 0 Å². The number of rotatable bonds is 5. The van der Waals surface area contributed by atoms with E-state index in [1.54, 1.807) is 52.2 Å². The van der Waals surface area contributed by atoms with Crippen LogP contribution in [0.3, 0.4) is 0 Å². The zero-order chi connectivity index (χ0) is 20.1. The topological polar surface area (TPSA) is 73.7 Å². The van der Waals surface area contributed by atoms with Crippen LogP contribution in [-0.4, -0.2) is 52.9 Å². The Morgan fingerprint density at radius 2 is 1.69 bits per heavy atom. The van der Waals surface area contributed by atoms with Crippen LogP contribution in [-0.2, 0) is 14.3 Å². The summed E-state index contributed by atoms with van der Waals surface area (Å²) in [5, 5.41) is 4.16. The van der Waals surface area contributed by atoms with Crippen LogP contribution < -0.4 is 0 Å². The second-order valence-corrected chi connectivity index (χ2v) is 6.63. The van der Waals surface area contributed by atoms with E-state index in [9.17, 15) is 9.59 Å². The highest BCUT2D eigenvalue weighted by Crippen LogP contribution is 2.23. The molecule has 7 nitrogen and oxygen atoms in total. The van der Waals surface area contributed by atoms with Crippen molar-refractivity contribution in [1.82, 2.24) is 14.7 Å². The molecule has 0 saturated carbocycles. The van der Waals surface area contributed by atoms with Gasteiger partial charge < -0.3 is 14.4 Å². The number of morpholine rings is 1. The van der Waals surface area contributed by atoms with Gasteiger partial charge in [0.15, 0.2) is 0 Å². The number of amides is 1. The highest BCUT2D eigenvalue weighted by Gasteiger charge is 2.30. The molecule has 1 fully saturated rings. The Hall–Kier alpha value is -3.45. The van der Waals surface area contributed by atoms with Gasteiger partial charge in [-0.1, -0.05) is 30.3 Å². The van der Waals surface area contributed by atoms with Crippen molar-refractivity contribution in [2.75, 3.05) is 26.3 Å². The first-order valence-corrected chi connectivity index (χ1v) is 9.45. The Balaban J connectivity index is 1.53. The predicted octanol–water partition coefficient (Wildman–Crippen LogP) is 2.63. The Morgan fingerprint density at radius 1 is 0.966 bits per heavy atom. The fourth-order valence-corrected chi connectivity index (χ4v) is 3.19. The van der Waals surface area contributed by atoms with Gasteiger partial charge >= 0.3 is 5.97 Å². The van der Waals surface area contributed by atoms with Gasteiger partial charge in [0.2, 0.25) is 6.10 Å². The van der Waals surface area contributed by atoms with E-state index in [1.807, 2.05) is 30.5 Å². The molecule has 2 aromatic carbocycles. The molecule has 1 saturated heterocycles. The number of ether oxygens (including phenoxy) is 2. The minimum absolute atomic E-state index is 0.235. The lowest BCUT2D eigenvalue weighted by molar-refractivity contribution is -0.145. The SMILES string of the molecule is O=C(O[C@H](C(=O)N1CCOCC1)c1ccccc1)c1ccc(-n2cccn2)cc1. The molecule has 1 atom stereocenters. The minimum Gasteiger partial charge on any atom is -0.444 e. The van der Waals surface area contributed by atoms with Gasteiger partial charge in [0.25, 0.3) is 5.91 Å². The number of hydrogen-bond acceptors (Lipinski definition) is 5. The second kappa shape index (κ2) is 8.70. The average molecular weight is 391 g/mol. The molecule has 0 aliphatic carbocycles. The monoisotopic (exact) mass is 391 g/mol. The Morgan fingerprint density at radius 3 is 2.34 bits per heavy atom. The molecular weight excluding hydrogens is 370 g/mol. The molecule has 0 unspecified atom stereocenters. The van der Waals surface area contributed by atoms with Crippen molar-refractivity contribution in [2.24, 2.45) is 0 Å². The van der Waals surface area contributed by atoms with Gasteiger partial charge in [-0.05, 0) is 30.3 Å². The van der Waals surface area contributed by atoms with Gasteiger partial charge in [-0.2, -0.15) is 5.10 Å². The average Bonchev–Trinajstić information content (AvgIpc) is 3.33. The Bertz CT molecular complexity index is 949. The van der Waals surface area contributed by atoms with E-state index in [-0.39, 0.29) is 5.91 Å². The number of carbonyl (C=O) groups excluding carboxylic acids is 2. The third-order valence-electron chi connectivity index (χ3n) is 4.75. The first-order chi connectivity index (χ1) is 14.2. The fourth-order valence-electron chi connectivity index (χ4n) is 3.19. The van der Waals surface area contributed by atoms with Crippen molar-refractivity contribution in [1.29, 1.82) is 0 Å². The number of nitrogens with zero attached hydrogens (tertiary/aromatic N) is 3. The number of aromatic nitrogens is 2. The first kappa shape index (κ1) is 18.9. The molecule has 1 aliphatic heterocycles. The lowest BCUT2D eigenvalue weighted by Gasteiger charge is -2.30. The molecule has 148 valence electrons. The molecule has 1 aliphatic rings. The molecule has 2 heterocycles. The molecule has 29 heavy (non-hydrogen) atoms. The van der Waals surface area contributed by atoms with E-state index in [1.165, 1.54) is 0 Å². The summed E-state index contributed by atoms with van der Waals surface area (Å²) in [7, 11) is 0. The maximum Gasteiger partial charge on any atom is 0.339 e. The zero-order valence-electron chi connectivity index (χ0n) is 15.8. The van der Waals surface area contributed by atoms with E-state index in [0.717, 1.165) is 5.69 Å². The maximum absolute atomic E-state index is 13.1. The first-order valence-electron chi connectivity index (χ1n) is 9.45. The van der Waals surface area contributed by atoms with E-state index < -0.39 is 12.1 Å². The summed E-state index contributed by atoms with van der Waals surface area (Å²) in [6.45, 7) is 1.93. The standard InChI is InChI=1S/C22H21N3O4/c26-21(24-13-15-28-16-14-24)20(17-5-2-1-3-6-17)29-22(27)18-7-9-19(10-8-18)25-12-4-11-23-25/h1-12,20H,13-16H2/t20-/m0/s1. The van der Waals surface area contributed by atoms with E-state index in [2.05, 4.69) is 5.10 Å². The van der Waals surface area contributed by atoms with E-state index in [4.69, 9.17) is 9.47 Å². The van der Waals surface area contributed by atoms with Crippen molar-refractivity contribution in [3.8, 4) is 5.69 Å². The van der Waals surface area contributed by atoms with Crippen molar-refractivity contribution >= 4 is 11.9 Å². The molecule has 3 aromatic rings. The molecule has 0 spiro atoms. The van der Waals surface area contributed by atoms with E-state index >= 15 is 0 Å². The van der Waals surface area contributed by atoms with Gasteiger partial charge in [-0.25, -0.2) is 9.48 Å². The molecular formula is C22H21N3O4. The van der Waals surface area contributed by atoms with Crippen molar-refractivity contribution < 1.29 is 19.1 Å². The van der Waals surface area contributed by atoms with Crippen molar-refractivity contribution in [3.63, 3.8) is 0 Å². The predicted molar refractivity (Wildman–Crippen MR) is 106 cm³/mol. The van der Waals surface area contributed by atoms with Gasteiger partial charge in [0.1, 0.15) is 0 Å². The summed E-state index contributed by atoms with van der Waals surface area (Å²) in [6.07, 6.45) is 2.51. The fraction of sp³-hybridized carbons (Fsp3) is 0.227. The maximum atomic E-state index is 13.1. The summed E-state index contributed by atoms with van der Waals surface area (Å²) in [6, 6.07) is 17.8. The Labute approximate surface area is 168 Å². The lowest BCUT2D eigenvalue weighted by Crippen LogP contribution is -2.44. The number of hydrogen-bond donors (Lipinski definition) is 0. The van der Waals surface area contributed by atoms with Crippen LogP contribution in [0.1, 0.15) is 22.0 Å². The smallest absolute Gasteiger partial charge is 0.339 e. The lowest BCUT2D eigenvalue weighted by atomic mass is 10.1. The molecule has 4 rings (SSSR count). The summed E-state index contributed by atoms with van der Waals surface area (Å²) in [5.41, 5.74) is 1.85. The largest absolute Gasteiger partial charge is 0.444 e. The highest BCUT2D eigenvalue weighted by atomic mass is 16.5. The van der Waals surface area contributed by atoms with Crippen LogP contribution in [0.2, 0.25) is 0 Å². The van der Waals surface area contributed by atoms with Gasteiger partial charge in [-0.15, -0.1) is 0 Å². The molecule has 0 radical (unpaired) electrons. The van der Waals surface area contributed by atoms with Crippen LogP contribution in [0.25, 0.3) is 5.69 Å². The van der Waals surface area contributed by atoms with Gasteiger partial charge in [0.05, 0.1) is 24.5 Å². The Kier molecular flexibility index (Phi) is 5.67. The second-order valence-electron chi connectivity index (χ2n) is 6.63. The third-order valence-corrected chi connectivity index (χ3v) is 4.75. The van der Waals surface area contributed by atoms with Crippen LogP contribution in [0.15, 0.2) is 73.1 Å². The number of carbonyl (C=O) groups is 2. The summed E-state index contributed by atoms with van der Waals surface area (Å²) >= 11 is 0. The third kappa shape index (κ3) is 4.35. The molecule has 1 aromatic heterocycles. The molecule has 0 bridgehead atoms. The van der Waals surface area contributed by atoms with Gasteiger partial charge in [-0.3, -0.25) is 4.79 Å². The minimum atomic E-state index is -0.993. The molecule has 7 heteroatoms. The van der Waals surface area contributed by atoms with Crippen LogP contribution in [0, 0.1) is 0 Å². The molecule has 1 amide bonds. The highest BCUT2D eigenvalue weighted by molar-refractivity contribution is 5.93. The van der Waals surface area contributed by atoms with Crippen LogP contribution in [0.4, 0.5) is 0 Å². The quantitative estimate of drug-likeness (QED) is 0.625. The molecule has 0 N–H and O–H groups in total. The summed E-state index contributed by atoms with van der Waals surface area (Å²) < 4.78 is 12.7. The number of esters is 1. The number of benzene rings is 2. The zero-order valence-corrected chi connectivity index (χ0v) is 15.8. The summed E-state index contributed by atoms with van der Waals surface area (Å²) in [5.74, 6) is -0.784.